The topological polar surface area (TPSA) is 69.0 Å². The summed E-state index contributed by atoms with van der Waals surface area (Å²) in [5.41, 5.74) is 1.53. The Hall–Kier alpha value is -3.29. The fourth-order valence-electron chi connectivity index (χ4n) is 2.68. The Labute approximate surface area is 182 Å². The van der Waals surface area contributed by atoms with Crippen LogP contribution in [0.1, 0.15) is 0 Å². The van der Waals surface area contributed by atoms with Crippen LogP contribution in [0.3, 0.4) is 0 Å². The lowest BCUT2D eigenvalue weighted by atomic mass is 10.3. The molecule has 150 valence electrons. The van der Waals surface area contributed by atoms with Crippen LogP contribution in [-0.2, 0) is 4.79 Å². The van der Waals surface area contributed by atoms with Crippen LogP contribution >= 0.6 is 23.4 Å². The second-order valence-electron chi connectivity index (χ2n) is 6.24. The smallest absolute Gasteiger partial charge is 0.234 e. The largest absolute Gasteiger partial charge is 0.457 e. The van der Waals surface area contributed by atoms with Crippen LogP contribution in [0.5, 0.6) is 11.5 Å². The van der Waals surface area contributed by atoms with E-state index in [9.17, 15) is 4.79 Å². The van der Waals surface area contributed by atoms with Gasteiger partial charge in [0.15, 0.2) is 5.16 Å². The van der Waals surface area contributed by atoms with E-state index in [1.165, 1.54) is 11.8 Å². The number of hydrogen-bond donors (Lipinski definition) is 1. The molecule has 0 aliphatic carbocycles. The van der Waals surface area contributed by atoms with Crippen LogP contribution in [0.25, 0.3) is 5.69 Å². The van der Waals surface area contributed by atoms with E-state index in [1.807, 2.05) is 60.7 Å². The van der Waals surface area contributed by atoms with E-state index >= 15 is 0 Å². The molecule has 0 saturated heterocycles. The number of anilines is 1. The van der Waals surface area contributed by atoms with E-state index in [0.29, 0.717) is 21.6 Å². The van der Waals surface area contributed by atoms with Crippen molar-refractivity contribution >= 4 is 35.0 Å². The van der Waals surface area contributed by atoms with E-state index in [1.54, 1.807) is 29.1 Å². The Kier molecular flexibility index (Phi) is 6.32. The van der Waals surface area contributed by atoms with Gasteiger partial charge in [0.1, 0.15) is 17.8 Å². The maximum Gasteiger partial charge on any atom is 0.234 e. The first-order valence-corrected chi connectivity index (χ1v) is 10.5. The summed E-state index contributed by atoms with van der Waals surface area (Å²) in [5.74, 6) is 1.51. The van der Waals surface area contributed by atoms with E-state index < -0.39 is 0 Å². The summed E-state index contributed by atoms with van der Waals surface area (Å²) in [6.07, 6.45) is 1.59. The number of para-hydroxylation sites is 1. The molecule has 1 heterocycles. The van der Waals surface area contributed by atoms with Crippen LogP contribution in [-0.4, -0.2) is 26.4 Å². The monoisotopic (exact) mass is 436 g/mol. The molecule has 8 heteroatoms. The maximum atomic E-state index is 12.3. The summed E-state index contributed by atoms with van der Waals surface area (Å²) in [6.45, 7) is 0. The average molecular weight is 437 g/mol. The molecular formula is C22H17ClN4O2S. The Morgan fingerprint density at radius 2 is 1.77 bits per heavy atom. The number of carbonyl (C=O) groups is 1. The standard InChI is InChI=1S/C22H17ClN4O2S/c23-16-5-4-6-18(13-16)27-15-24-26-22(27)30-14-21(28)25-17-9-11-20(12-10-17)29-19-7-2-1-3-8-19/h1-13,15H,14H2,(H,25,28). The van der Waals surface area contributed by atoms with Crippen molar-refractivity contribution in [2.24, 2.45) is 0 Å². The first-order chi connectivity index (χ1) is 14.7. The molecule has 4 rings (SSSR count). The number of benzene rings is 3. The van der Waals surface area contributed by atoms with Crippen molar-refractivity contribution in [2.75, 3.05) is 11.1 Å². The highest BCUT2D eigenvalue weighted by molar-refractivity contribution is 7.99. The maximum absolute atomic E-state index is 12.3. The number of thioether (sulfide) groups is 1. The number of hydrogen-bond acceptors (Lipinski definition) is 5. The fraction of sp³-hybridized carbons (Fsp3) is 0.0455. The van der Waals surface area contributed by atoms with Gasteiger partial charge < -0.3 is 10.1 Å². The lowest BCUT2D eigenvalue weighted by Gasteiger charge is -2.09. The molecule has 0 bridgehead atoms. The molecule has 30 heavy (non-hydrogen) atoms. The van der Waals surface area contributed by atoms with Gasteiger partial charge in [-0.05, 0) is 54.6 Å². The van der Waals surface area contributed by atoms with Gasteiger partial charge in [-0.15, -0.1) is 10.2 Å². The van der Waals surface area contributed by atoms with Gasteiger partial charge in [-0.25, -0.2) is 0 Å². The fourth-order valence-corrected chi connectivity index (χ4v) is 3.60. The minimum atomic E-state index is -0.141. The highest BCUT2D eigenvalue weighted by Gasteiger charge is 2.11. The summed E-state index contributed by atoms with van der Waals surface area (Å²) < 4.78 is 7.55. The second kappa shape index (κ2) is 9.47. The molecule has 4 aromatic rings. The van der Waals surface area contributed by atoms with Crippen molar-refractivity contribution in [3.8, 4) is 17.2 Å². The minimum Gasteiger partial charge on any atom is -0.457 e. The average Bonchev–Trinajstić information content (AvgIpc) is 3.23. The zero-order valence-electron chi connectivity index (χ0n) is 15.7. The van der Waals surface area contributed by atoms with Crippen molar-refractivity contribution in [1.29, 1.82) is 0 Å². The second-order valence-corrected chi connectivity index (χ2v) is 7.62. The highest BCUT2D eigenvalue weighted by atomic mass is 35.5. The molecular weight excluding hydrogens is 420 g/mol. The number of carbonyl (C=O) groups excluding carboxylic acids is 1. The summed E-state index contributed by atoms with van der Waals surface area (Å²) in [5, 5.41) is 12.1. The summed E-state index contributed by atoms with van der Waals surface area (Å²) in [6, 6.07) is 24.1. The predicted molar refractivity (Wildman–Crippen MR) is 119 cm³/mol. The van der Waals surface area contributed by atoms with Gasteiger partial charge in [0, 0.05) is 10.7 Å². The highest BCUT2D eigenvalue weighted by Crippen LogP contribution is 2.24. The Bertz CT molecular complexity index is 1130. The molecule has 0 saturated carbocycles. The molecule has 0 aliphatic heterocycles. The van der Waals surface area contributed by atoms with Gasteiger partial charge in [-0.1, -0.05) is 47.6 Å². The van der Waals surface area contributed by atoms with Gasteiger partial charge in [0.2, 0.25) is 5.91 Å². The van der Waals surface area contributed by atoms with E-state index in [-0.39, 0.29) is 11.7 Å². The lowest BCUT2D eigenvalue weighted by Crippen LogP contribution is -2.14. The minimum absolute atomic E-state index is 0.141. The number of rotatable bonds is 7. The van der Waals surface area contributed by atoms with Crippen LogP contribution in [0.4, 0.5) is 5.69 Å². The van der Waals surface area contributed by atoms with Crippen molar-refractivity contribution in [3.05, 3.63) is 90.2 Å². The molecule has 1 N–H and O–H groups in total. The first-order valence-electron chi connectivity index (χ1n) is 9.09. The number of aromatic nitrogens is 3. The SMILES string of the molecule is O=C(CSc1nncn1-c1cccc(Cl)c1)Nc1ccc(Oc2ccccc2)cc1. The molecule has 6 nitrogen and oxygen atoms in total. The number of amides is 1. The third-order valence-corrected chi connectivity index (χ3v) is 5.23. The third-order valence-electron chi connectivity index (χ3n) is 4.05. The normalized spacial score (nSPS) is 10.6. The van der Waals surface area contributed by atoms with Crippen LogP contribution < -0.4 is 10.1 Å². The number of ether oxygens (including phenoxy) is 1. The summed E-state index contributed by atoms with van der Waals surface area (Å²) >= 11 is 7.35. The Morgan fingerprint density at radius 3 is 2.53 bits per heavy atom. The Balaban J connectivity index is 1.33. The van der Waals surface area contributed by atoms with Gasteiger partial charge in [0.25, 0.3) is 0 Å². The number of nitrogens with zero attached hydrogens (tertiary/aromatic N) is 3. The Morgan fingerprint density at radius 1 is 1.00 bits per heavy atom. The van der Waals surface area contributed by atoms with Gasteiger partial charge in [-0.2, -0.15) is 0 Å². The third kappa shape index (κ3) is 5.20. The van der Waals surface area contributed by atoms with Gasteiger partial charge in [0.05, 0.1) is 11.4 Å². The van der Waals surface area contributed by atoms with Crippen LogP contribution in [0.15, 0.2) is 90.3 Å². The van der Waals surface area contributed by atoms with E-state index in [4.69, 9.17) is 16.3 Å². The molecule has 0 spiro atoms. The summed E-state index contributed by atoms with van der Waals surface area (Å²) in [4.78, 5) is 12.3. The van der Waals surface area contributed by atoms with Crippen LogP contribution in [0.2, 0.25) is 5.02 Å². The molecule has 0 aliphatic rings. The number of halogens is 1. The molecule has 0 fully saturated rings. The van der Waals surface area contributed by atoms with Crippen molar-refractivity contribution in [1.82, 2.24) is 14.8 Å². The van der Waals surface area contributed by atoms with Crippen LogP contribution in [0, 0.1) is 0 Å². The summed E-state index contributed by atoms with van der Waals surface area (Å²) in [7, 11) is 0. The van der Waals surface area contributed by atoms with Crippen molar-refractivity contribution in [3.63, 3.8) is 0 Å². The molecule has 1 amide bonds. The number of nitrogens with one attached hydrogen (secondary N) is 1. The van der Waals surface area contributed by atoms with Crippen molar-refractivity contribution < 1.29 is 9.53 Å². The predicted octanol–water partition coefficient (Wildman–Crippen LogP) is 5.44. The van der Waals surface area contributed by atoms with Gasteiger partial charge in [-0.3, -0.25) is 9.36 Å². The zero-order valence-corrected chi connectivity index (χ0v) is 17.3. The van der Waals surface area contributed by atoms with Gasteiger partial charge >= 0.3 is 0 Å². The molecule has 0 unspecified atom stereocenters. The van der Waals surface area contributed by atoms with Crippen molar-refractivity contribution in [2.45, 2.75) is 5.16 Å². The first kappa shape index (κ1) is 20.0. The molecule has 3 aromatic carbocycles. The molecule has 0 atom stereocenters. The molecule has 1 aromatic heterocycles. The lowest BCUT2D eigenvalue weighted by molar-refractivity contribution is -0.113. The zero-order chi connectivity index (χ0) is 20.8. The molecule has 0 radical (unpaired) electrons. The quantitative estimate of drug-likeness (QED) is 0.390. The van der Waals surface area contributed by atoms with E-state index in [2.05, 4.69) is 15.5 Å². The van der Waals surface area contributed by atoms with E-state index in [0.717, 1.165) is 11.4 Å².